The van der Waals surface area contributed by atoms with Gasteiger partial charge in [0, 0.05) is 22.0 Å². The predicted octanol–water partition coefficient (Wildman–Crippen LogP) is 5.69. The van der Waals surface area contributed by atoms with Crippen molar-refractivity contribution in [3.63, 3.8) is 0 Å². The van der Waals surface area contributed by atoms with Crippen molar-refractivity contribution in [1.82, 2.24) is 0 Å². The maximum Gasteiger partial charge on any atom is 0.167 e. The van der Waals surface area contributed by atoms with E-state index in [0.29, 0.717) is 22.4 Å². The van der Waals surface area contributed by atoms with Crippen LogP contribution in [0.5, 0.6) is 0 Å². The molecule has 0 aliphatic heterocycles. The number of rotatable bonds is 4. The molecule has 1 saturated carbocycles. The number of hydrogen-bond acceptors (Lipinski definition) is 1. The van der Waals surface area contributed by atoms with Crippen LogP contribution in [0, 0.1) is 0 Å². The molecule has 0 atom stereocenters. The van der Waals surface area contributed by atoms with Crippen LogP contribution in [0.4, 0.5) is 0 Å². The van der Waals surface area contributed by atoms with Crippen LogP contribution in [0.2, 0.25) is 10.0 Å². The van der Waals surface area contributed by atoms with Crippen molar-refractivity contribution >= 4 is 29.0 Å². The van der Waals surface area contributed by atoms with E-state index in [9.17, 15) is 4.79 Å². The summed E-state index contributed by atoms with van der Waals surface area (Å²) in [4.78, 5) is 12.6. The largest absolute Gasteiger partial charge is 0.294 e. The molecule has 21 heavy (non-hydrogen) atoms. The third kappa shape index (κ3) is 3.14. The van der Waals surface area contributed by atoms with Gasteiger partial charge in [0.15, 0.2) is 5.78 Å². The molecule has 0 spiro atoms. The minimum Gasteiger partial charge on any atom is -0.294 e. The van der Waals surface area contributed by atoms with Crippen molar-refractivity contribution in [1.29, 1.82) is 0 Å². The first-order valence-electron chi connectivity index (χ1n) is 7.21. The van der Waals surface area contributed by atoms with Gasteiger partial charge in [0.2, 0.25) is 0 Å². The van der Waals surface area contributed by atoms with Gasteiger partial charge in [-0.15, -0.1) is 0 Å². The van der Waals surface area contributed by atoms with E-state index in [2.05, 4.69) is 6.07 Å². The van der Waals surface area contributed by atoms with Gasteiger partial charge in [-0.1, -0.05) is 60.0 Å². The van der Waals surface area contributed by atoms with Gasteiger partial charge in [0.1, 0.15) is 0 Å². The van der Waals surface area contributed by atoms with Crippen molar-refractivity contribution in [2.24, 2.45) is 0 Å². The Bertz CT molecular complexity index is 675. The van der Waals surface area contributed by atoms with Crippen LogP contribution in [0.25, 0.3) is 0 Å². The summed E-state index contributed by atoms with van der Waals surface area (Å²) in [5.74, 6) is 0.674. The van der Waals surface area contributed by atoms with Crippen LogP contribution in [0.1, 0.15) is 46.7 Å². The Morgan fingerprint density at radius 2 is 1.86 bits per heavy atom. The zero-order valence-electron chi connectivity index (χ0n) is 11.6. The van der Waals surface area contributed by atoms with Gasteiger partial charge in [0.25, 0.3) is 0 Å². The Hall–Kier alpha value is -1.31. The molecule has 3 heteroatoms. The number of carbonyl (C=O) groups is 1. The van der Waals surface area contributed by atoms with E-state index in [1.807, 2.05) is 24.3 Å². The molecular formula is C18H16Cl2O. The fraction of sp³-hybridized carbons (Fsp3) is 0.278. The van der Waals surface area contributed by atoms with Gasteiger partial charge >= 0.3 is 0 Å². The third-order valence-corrected chi connectivity index (χ3v) is 4.76. The summed E-state index contributed by atoms with van der Waals surface area (Å²) in [6.07, 6.45) is 3.95. The standard InChI is InChI=1S/C18H16Cl2O/c19-14-9-8-13(17(20)11-14)10-18(21)16-7-2-1-6-15(16)12-4-3-5-12/h1-2,6-9,11-12H,3-5,10H2. The van der Waals surface area contributed by atoms with Gasteiger partial charge in [0.05, 0.1) is 0 Å². The van der Waals surface area contributed by atoms with E-state index in [4.69, 9.17) is 23.2 Å². The molecule has 0 heterocycles. The normalized spacial score (nSPS) is 14.8. The quantitative estimate of drug-likeness (QED) is 0.662. The third-order valence-electron chi connectivity index (χ3n) is 4.17. The van der Waals surface area contributed by atoms with Crippen LogP contribution in [0.3, 0.4) is 0 Å². The molecule has 1 fully saturated rings. The highest BCUT2D eigenvalue weighted by Gasteiger charge is 2.24. The highest BCUT2D eigenvalue weighted by molar-refractivity contribution is 6.35. The molecule has 0 N–H and O–H groups in total. The van der Waals surface area contributed by atoms with E-state index < -0.39 is 0 Å². The summed E-state index contributed by atoms with van der Waals surface area (Å²) in [7, 11) is 0. The van der Waals surface area contributed by atoms with Gasteiger partial charge < -0.3 is 0 Å². The number of halogens is 2. The van der Waals surface area contributed by atoms with Gasteiger partial charge in [-0.3, -0.25) is 4.79 Å². The molecule has 0 saturated heterocycles. The van der Waals surface area contributed by atoms with E-state index in [0.717, 1.165) is 11.1 Å². The predicted molar refractivity (Wildman–Crippen MR) is 87.5 cm³/mol. The number of benzene rings is 2. The highest BCUT2D eigenvalue weighted by atomic mass is 35.5. The molecular weight excluding hydrogens is 303 g/mol. The van der Waals surface area contributed by atoms with Crippen molar-refractivity contribution in [2.45, 2.75) is 31.6 Å². The maximum atomic E-state index is 12.6. The van der Waals surface area contributed by atoms with E-state index in [1.54, 1.807) is 12.1 Å². The Labute approximate surface area is 134 Å². The highest BCUT2D eigenvalue weighted by Crippen LogP contribution is 2.38. The number of carbonyl (C=O) groups excluding carboxylic acids is 1. The summed E-state index contributed by atoms with van der Waals surface area (Å²) in [5, 5.41) is 1.14. The lowest BCUT2D eigenvalue weighted by molar-refractivity contribution is 0.0991. The van der Waals surface area contributed by atoms with Crippen LogP contribution >= 0.6 is 23.2 Å². The molecule has 1 aliphatic rings. The molecule has 1 nitrogen and oxygen atoms in total. The molecule has 0 unspecified atom stereocenters. The van der Waals surface area contributed by atoms with Crippen LogP contribution in [-0.2, 0) is 6.42 Å². The first-order valence-corrected chi connectivity index (χ1v) is 7.97. The monoisotopic (exact) mass is 318 g/mol. The summed E-state index contributed by atoms with van der Waals surface area (Å²) < 4.78 is 0. The van der Waals surface area contributed by atoms with Gasteiger partial charge in [-0.25, -0.2) is 0 Å². The number of ketones is 1. The first kappa shape index (κ1) is 14.6. The molecule has 0 amide bonds. The lowest BCUT2D eigenvalue weighted by Gasteiger charge is -2.27. The molecule has 0 aromatic heterocycles. The van der Waals surface area contributed by atoms with Crippen LogP contribution in [0.15, 0.2) is 42.5 Å². The fourth-order valence-electron chi connectivity index (χ4n) is 2.76. The van der Waals surface area contributed by atoms with Crippen molar-refractivity contribution < 1.29 is 4.79 Å². The van der Waals surface area contributed by atoms with E-state index in [1.165, 1.54) is 24.8 Å². The molecule has 2 aromatic carbocycles. The molecule has 0 radical (unpaired) electrons. The maximum absolute atomic E-state index is 12.6. The minimum absolute atomic E-state index is 0.127. The zero-order valence-corrected chi connectivity index (χ0v) is 13.1. The second-order valence-electron chi connectivity index (χ2n) is 5.55. The Morgan fingerprint density at radius 3 is 2.52 bits per heavy atom. The van der Waals surface area contributed by atoms with E-state index >= 15 is 0 Å². The van der Waals surface area contributed by atoms with Crippen molar-refractivity contribution in [2.75, 3.05) is 0 Å². The average Bonchev–Trinajstić information content (AvgIpc) is 2.40. The molecule has 0 bridgehead atoms. The second-order valence-corrected chi connectivity index (χ2v) is 6.39. The van der Waals surface area contributed by atoms with Gasteiger partial charge in [-0.2, -0.15) is 0 Å². The SMILES string of the molecule is O=C(Cc1ccc(Cl)cc1Cl)c1ccccc1C1CCC1. The lowest BCUT2D eigenvalue weighted by Crippen LogP contribution is -2.15. The first-order chi connectivity index (χ1) is 10.1. The molecule has 108 valence electrons. The average molecular weight is 319 g/mol. The number of hydrogen-bond donors (Lipinski definition) is 0. The molecule has 2 aromatic rings. The lowest BCUT2D eigenvalue weighted by atomic mass is 9.77. The van der Waals surface area contributed by atoms with E-state index in [-0.39, 0.29) is 5.78 Å². The summed E-state index contributed by atoms with van der Waals surface area (Å²) in [6.45, 7) is 0. The summed E-state index contributed by atoms with van der Waals surface area (Å²) >= 11 is 12.1. The summed E-state index contributed by atoms with van der Waals surface area (Å²) in [6, 6.07) is 13.2. The minimum atomic E-state index is 0.127. The molecule has 1 aliphatic carbocycles. The smallest absolute Gasteiger partial charge is 0.167 e. The Morgan fingerprint density at radius 1 is 1.10 bits per heavy atom. The van der Waals surface area contributed by atoms with Crippen molar-refractivity contribution in [3.8, 4) is 0 Å². The van der Waals surface area contributed by atoms with Crippen molar-refractivity contribution in [3.05, 3.63) is 69.2 Å². The second kappa shape index (κ2) is 6.21. The topological polar surface area (TPSA) is 17.1 Å². The zero-order chi connectivity index (χ0) is 14.8. The summed E-state index contributed by atoms with van der Waals surface area (Å²) in [5.41, 5.74) is 2.86. The van der Waals surface area contributed by atoms with Crippen LogP contribution in [-0.4, -0.2) is 5.78 Å². The Kier molecular flexibility index (Phi) is 4.32. The Balaban J connectivity index is 1.85. The fourth-order valence-corrected chi connectivity index (χ4v) is 3.23. The van der Waals surface area contributed by atoms with Crippen LogP contribution < -0.4 is 0 Å². The van der Waals surface area contributed by atoms with Gasteiger partial charge in [-0.05, 0) is 42.0 Å². The number of Topliss-reactive ketones (excluding diaryl/α,β-unsaturated/α-hetero) is 1. The molecule has 3 rings (SSSR count).